The number of methoxy groups -OCH3 is 2. The van der Waals surface area contributed by atoms with Gasteiger partial charge < -0.3 is 29.2 Å². The Kier molecular flexibility index (Phi) is 9.48. The summed E-state index contributed by atoms with van der Waals surface area (Å²) in [4.78, 5) is 35.2. The van der Waals surface area contributed by atoms with Crippen LogP contribution in [0.25, 0.3) is 0 Å². The van der Waals surface area contributed by atoms with Gasteiger partial charge in [0.25, 0.3) is 0 Å². The molecule has 1 N–H and O–H groups in total. The summed E-state index contributed by atoms with van der Waals surface area (Å²) in [5.41, 5.74) is 2.33. The molecule has 10 nitrogen and oxygen atoms in total. The molecule has 1 aromatic rings. The topological polar surface area (TPSA) is 102 Å². The van der Waals surface area contributed by atoms with Gasteiger partial charge in [-0.25, -0.2) is 9.79 Å². The fourth-order valence-electron chi connectivity index (χ4n) is 4.67. The molecule has 204 valence electrons. The first-order valence-electron chi connectivity index (χ1n) is 12.5. The monoisotopic (exact) mass is 542 g/mol. The highest BCUT2D eigenvalue weighted by Crippen LogP contribution is 2.48. The third kappa shape index (κ3) is 6.06. The summed E-state index contributed by atoms with van der Waals surface area (Å²) in [6.45, 7) is 9.97. The van der Waals surface area contributed by atoms with Gasteiger partial charge in [-0.1, -0.05) is 36.5 Å². The second kappa shape index (κ2) is 13.0. The number of amides is 1. The smallest absolute Gasteiger partial charge is 0.338 e. The summed E-state index contributed by atoms with van der Waals surface area (Å²) in [7, 11) is 3.12. The number of fused-ring (bicyclic) bond motifs is 1. The van der Waals surface area contributed by atoms with Crippen molar-refractivity contribution >= 4 is 28.8 Å². The molecule has 1 saturated heterocycles. The Morgan fingerprint density at radius 2 is 2.05 bits per heavy atom. The van der Waals surface area contributed by atoms with Gasteiger partial charge in [0.05, 0.1) is 51.2 Å². The van der Waals surface area contributed by atoms with Crippen LogP contribution in [0.3, 0.4) is 0 Å². The van der Waals surface area contributed by atoms with Crippen LogP contribution in [-0.4, -0.2) is 87.1 Å². The van der Waals surface area contributed by atoms with Crippen molar-refractivity contribution in [2.45, 2.75) is 19.4 Å². The molecule has 1 fully saturated rings. The van der Waals surface area contributed by atoms with E-state index in [4.69, 9.17) is 23.9 Å². The molecule has 3 heterocycles. The molecule has 0 aromatic heterocycles. The van der Waals surface area contributed by atoms with E-state index in [0.29, 0.717) is 40.0 Å². The minimum atomic E-state index is -0.632. The minimum absolute atomic E-state index is 0.0666. The number of hydrogen-bond acceptors (Lipinski definition) is 10. The molecule has 1 amide bonds. The van der Waals surface area contributed by atoms with Gasteiger partial charge >= 0.3 is 5.97 Å². The molecule has 0 spiro atoms. The first-order valence-corrected chi connectivity index (χ1v) is 13.4. The summed E-state index contributed by atoms with van der Waals surface area (Å²) in [6, 6.07) is 4.89. The molecule has 38 heavy (non-hydrogen) atoms. The fourth-order valence-corrected chi connectivity index (χ4v) is 5.63. The number of para-hydroxylation sites is 1. The van der Waals surface area contributed by atoms with Gasteiger partial charge in [-0.05, 0) is 18.4 Å². The third-order valence-corrected chi connectivity index (χ3v) is 7.37. The number of aliphatic imine (C=N–C) groups is 1. The molecule has 0 aliphatic carbocycles. The highest BCUT2D eigenvalue weighted by atomic mass is 32.2. The van der Waals surface area contributed by atoms with Crippen LogP contribution in [-0.2, 0) is 19.1 Å². The Balaban J connectivity index is 1.61. The molecule has 3 aliphatic heterocycles. The third-order valence-electron chi connectivity index (χ3n) is 6.48. The maximum absolute atomic E-state index is 13.3. The van der Waals surface area contributed by atoms with Gasteiger partial charge in [0, 0.05) is 37.4 Å². The lowest BCUT2D eigenvalue weighted by atomic mass is 9.92. The highest BCUT2D eigenvalue weighted by Gasteiger charge is 2.42. The lowest BCUT2D eigenvalue weighted by Gasteiger charge is -2.37. The second-order valence-electron chi connectivity index (χ2n) is 8.84. The van der Waals surface area contributed by atoms with E-state index in [1.807, 2.05) is 22.4 Å². The molecule has 4 rings (SSSR count). The normalized spacial score (nSPS) is 19.3. The van der Waals surface area contributed by atoms with Crippen molar-refractivity contribution in [1.29, 1.82) is 0 Å². The number of morpholine rings is 1. The molecular weight excluding hydrogens is 508 g/mol. The highest BCUT2D eigenvalue weighted by molar-refractivity contribution is 8.16. The number of ether oxygens (including phenoxy) is 4. The number of carbonyl (C=O) groups excluding carboxylic acids is 2. The molecule has 0 bridgehead atoms. The van der Waals surface area contributed by atoms with Gasteiger partial charge in [-0.2, -0.15) is 0 Å². The molecule has 1 aromatic carbocycles. The predicted molar refractivity (Wildman–Crippen MR) is 146 cm³/mol. The van der Waals surface area contributed by atoms with Crippen LogP contribution in [0.1, 0.15) is 24.9 Å². The van der Waals surface area contributed by atoms with E-state index in [0.717, 1.165) is 38.5 Å². The largest absolute Gasteiger partial charge is 0.493 e. The van der Waals surface area contributed by atoms with E-state index in [9.17, 15) is 9.59 Å². The quantitative estimate of drug-likeness (QED) is 0.334. The van der Waals surface area contributed by atoms with E-state index >= 15 is 0 Å². The number of esters is 1. The van der Waals surface area contributed by atoms with Gasteiger partial charge in [-0.15, -0.1) is 0 Å². The zero-order valence-corrected chi connectivity index (χ0v) is 22.8. The minimum Gasteiger partial charge on any atom is -0.493 e. The maximum atomic E-state index is 13.3. The van der Waals surface area contributed by atoms with Crippen molar-refractivity contribution in [3.05, 3.63) is 58.8 Å². The van der Waals surface area contributed by atoms with Crippen LogP contribution in [0.4, 0.5) is 0 Å². The maximum Gasteiger partial charge on any atom is 0.338 e. The summed E-state index contributed by atoms with van der Waals surface area (Å²) < 4.78 is 22.1. The molecule has 1 atom stereocenters. The number of carbonyl (C=O) groups is 2. The number of benzene rings is 1. The van der Waals surface area contributed by atoms with Crippen molar-refractivity contribution in [2.75, 3.05) is 60.2 Å². The van der Waals surface area contributed by atoms with Gasteiger partial charge in [0.15, 0.2) is 16.7 Å². The van der Waals surface area contributed by atoms with Crippen molar-refractivity contribution in [1.82, 2.24) is 15.1 Å². The average molecular weight is 543 g/mol. The van der Waals surface area contributed by atoms with Crippen LogP contribution >= 0.6 is 11.8 Å². The zero-order chi connectivity index (χ0) is 27.1. The van der Waals surface area contributed by atoms with Crippen LogP contribution in [0.15, 0.2) is 58.2 Å². The molecule has 3 aliphatic rings. The Hall–Kier alpha value is -3.28. The number of nitrogens with zero attached hydrogens (tertiary/aromatic N) is 3. The number of thioether (sulfide) groups is 1. The van der Waals surface area contributed by atoms with Crippen molar-refractivity contribution in [3.63, 3.8) is 0 Å². The van der Waals surface area contributed by atoms with Gasteiger partial charge in [-0.3, -0.25) is 9.69 Å². The van der Waals surface area contributed by atoms with Gasteiger partial charge in [0.1, 0.15) is 6.61 Å². The van der Waals surface area contributed by atoms with E-state index in [-0.39, 0.29) is 18.9 Å². The first kappa shape index (κ1) is 27.7. The van der Waals surface area contributed by atoms with Crippen LogP contribution in [0.5, 0.6) is 11.5 Å². The summed E-state index contributed by atoms with van der Waals surface area (Å²) in [5, 5.41) is 5.60. The number of allylic oxidation sites excluding steroid dienone is 1. The number of amidine groups is 1. The van der Waals surface area contributed by atoms with Crippen molar-refractivity contribution in [2.24, 2.45) is 4.99 Å². The average Bonchev–Trinajstić information content (AvgIpc) is 3.32. The summed E-state index contributed by atoms with van der Waals surface area (Å²) in [5.74, 6) is 0.411. The number of nitrogens with one attached hydrogen (secondary N) is 1. The second-order valence-corrected chi connectivity index (χ2v) is 9.68. The fraction of sp³-hybridized carbons (Fsp3) is 0.444. The van der Waals surface area contributed by atoms with Crippen molar-refractivity contribution in [3.8, 4) is 11.5 Å². The first-order chi connectivity index (χ1) is 18.5. The Bertz CT molecular complexity index is 1160. The molecular formula is C27H34N4O6S. The number of hydrogen-bond donors (Lipinski definition) is 1. The summed E-state index contributed by atoms with van der Waals surface area (Å²) in [6.07, 6.45) is 1.65. The summed E-state index contributed by atoms with van der Waals surface area (Å²) >= 11 is 1.42. The number of rotatable bonds is 11. The lowest BCUT2D eigenvalue weighted by Crippen LogP contribution is -2.42. The molecule has 11 heteroatoms. The van der Waals surface area contributed by atoms with Crippen molar-refractivity contribution < 1.29 is 28.5 Å². The molecule has 0 unspecified atom stereocenters. The van der Waals surface area contributed by atoms with Crippen LogP contribution in [0.2, 0.25) is 0 Å². The van der Waals surface area contributed by atoms with E-state index in [1.165, 1.54) is 17.8 Å². The Morgan fingerprint density at radius 3 is 2.76 bits per heavy atom. The van der Waals surface area contributed by atoms with Crippen LogP contribution in [0, 0.1) is 0 Å². The lowest BCUT2D eigenvalue weighted by molar-refractivity contribution is -0.138. The predicted octanol–water partition coefficient (Wildman–Crippen LogP) is 2.85. The van der Waals surface area contributed by atoms with E-state index in [2.05, 4.69) is 16.8 Å². The zero-order valence-electron chi connectivity index (χ0n) is 22.0. The molecule has 0 radical (unpaired) electrons. The van der Waals surface area contributed by atoms with E-state index < -0.39 is 12.0 Å². The van der Waals surface area contributed by atoms with Crippen LogP contribution < -0.4 is 14.8 Å². The Labute approximate surface area is 227 Å². The van der Waals surface area contributed by atoms with E-state index in [1.54, 1.807) is 27.2 Å². The van der Waals surface area contributed by atoms with Gasteiger partial charge in [0.2, 0.25) is 5.91 Å². The Morgan fingerprint density at radius 1 is 1.26 bits per heavy atom. The standard InChI is InChI=1S/C27H34N4O6S/c1-5-13-37-26(33)23-18(2)29-27-31(24(23)20-7-6-8-21(34-3)25(20)35-4)19(17-38-27)16-22(32)28-9-10-30-11-14-36-15-12-30/h5-8,17,24H,1,9-16H2,2-4H3,(H,28,32)/t24-/m0/s1. The SMILES string of the molecule is C=CCOC(=O)C1=C(C)N=C2SC=C(CC(=O)NCCN3CCOCC3)N2[C@H]1c1cccc(OC)c1OC. The molecule has 0 saturated carbocycles.